The summed E-state index contributed by atoms with van der Waals surface area (Å²) in [5, 5.41) is 8.86. The van der Waals surface area contributed by atoms with E-state index in [-0.39, 0.29) is 11.8 Å². The van der Waals surface area contributed by atoms with Crippen molar-refractivity contribution in [2.24, 2.45) is 11.8 Å². The third-order valence-corrected chi connectivity index (χ3v) is 2.85. The molecule has 0 spiro atoms. The number of hydrogen-bond donors (Lipinski definition) is 1. The third-order valence-electron chi connectivity index (χ3n) is 2.85. The van der Waals surface area contributed by atoms with Crippen LogP contribution in [0, 0.1) is 11.8 Å². The Morgan fingerprint density at radius 2 is 1.92 bits per heavy atom. The van der Waals surface area contributed by atoms with Crippen LogP contribution in [0.25, 0.3) is 0 Å². The zero-order chi connectivity index (χ0) is 9.42. The van der Waals surface area contributed by atoms with Crippen molar-refractivity contribution in [1.82, 2.24) is 0 Å². The first-order valence-electron chi connectivity index (χ1n) is 4.49. The van der Waals surface area contributed by atoms with Gasteiger partial charge in [0.2, 0.25) is 0 Å². The van der Waals surface area contributed by atoms with Crippen molar-refractivity contribution < 1.29 is 9.90 Å². The zero-order valence-electron chi connectivity index (χ0n) is 7.47. The molecule has 1 aromatic carbocycles. The summed E-state index contributed by atoms with van der Waals surface area (Å²) in [6.45, 7) is 2.00. The molecule has 0 radical (unpaired) electrons. The molecule has 2 rings (SSSR count). The van der Waals surface area contributed by atoms with Crippen LogP contribution in [0.2, 0.25) is 0 Å². The molecule has 0 amide bonds. The van der Waals surface area contributed by atoms with E-state index in [0.717, 1.165) is 5.56 Å². The van der Waals surface area contributed by atoms with Gasteiger partial charge in [0.15, 0.2) is 0 Å². The second-order valence-corrected chi connectivity index (χ2v) is 3.66. The maximum absolute atomic E-state index is 10.8. The van der Waals surface area contributed by atoms with Crippen molar-refractivity contribution >= 4 is 5.97 Å². The maximum Gasteiger partial charge on any atom is 0.307 e. The van der Waals surface area contributed by atoms with Gasteiger partial charge in [-0.3, -0.25) is 4.79 Å². The first-order valence-corrected chi connectivity index (χ1v) is 4.49. The van der Waals surface area contributed by atoms with Crippen LogP contribution >= 0.6 is 0 Å². The van der Waals surface area contributed by atoms with Gasteiger partial charge in [-0.2, -0.15) is 0 Å². The van der Waals surface area contributed by atoms with Gasteiger partial charge in [0.1, 0.15) is 0 Å². The van der Waals surface area contributed by atoms with Crippen molar-refractivity contribution in [3.05, 3.63) is 35.9 Å². The summed E-state index contributed by atoms with van der Waals surface area (Å²) in [6.07, 6.45) is 0. The van der Waals surface area contributed by atoms with Crippen LogP contribution in [-0.2, 0) is 4.79 Å². The van der Waals surface area contributed by atoms with E-state index in [4.69, 9.17) is 5.11 Å². The molecule has 0 unspecified atom stereocenters. The molecule has 1 aliphatic rings. The topological polar surface area (TPSA) is 37.3 Å². The SMILES string of the molecule is C[C@H]1[C@@H](C(=O)O)[C@@H]1c1ccccc1. The molecule has 1 fully saturated rings. The molecule has 3 atom stereocenters. The lowest BCUT2D eigenvalue weighted by Crippen LogP contribution is -1.99. The zero-order valence-corrected chi connectivity index (χ0v) is 7.47. The molecule has 1 aliphatic carbocycles. The van der Waals surface area contributed by atoms with E-state index in [2.05, 4.69) is 0 Å². The van der Waals surface area contributed by atoms with Crippen molar-refractivity contribution in [2.45, 2.75) is 12.8 Å². The van der Waals surface area contributed by atoms with Gasteiger partial charge < -0.3 is 5.11 Å². The van der Waals surface area contributed by atoms with E-state index in [1.165, 1.54) is 0 Å². The lowest BCUT2D eigenvalue weighted by Gasteiger charge is -1.96. The minimum Gasteiger partial charge on any atom is -0.481 e. The van der Waals surface area contributed by atoms with Gasteiger partial charge in [-0.05, 0) is 11.5 Å². The highest BCUT2D eigenvalue weighted by Crippen LogP contribution is 2.53. The summed E-state index contributed by atoms with van der Waals surface area (Å²) >= 11 is 0. The number of benzene rings is 1. The van der Waals surface area contributed by atoms with Gasteiger partial charge in [-0.1, -0.05) is 37.3 Å². The van der Waals surface area contributed by atoms with Gasteiger partial charge in [0.25, 0.3) is 0 Å². The number of aliphatic carboxylic acids is 1. The van der Waals surface area contributed by atoms with Crippen LogP contribution in [0.1, 0.15) is 18.4 Å². The van der Waals surface area contributed by atoms with Crippen LogP contribution in [0.4, 0.5) is 0 Å². The van der Waals surface area contributed by atoms with Crippen molar-refractivity contribution in [1.29, 1.82) is 0 Å². The molecule has 1 aromatic rings. The van der Waals surface area contributed by atoms with E-state index < -0.39 is 5.97 Å². The van der Waals surface area contributed by atoms with Crippen LogP contribution in [-0.4, -0.2) is 11.1 Å². The Morgan fingerprint density at radius 3 is 2.38 bits per heavy atom. The molecule has 0 heterocycles. The fourth-order valence-corrected chi connectivity index (χ4v) is 2.03. The highest BCUT2D eigenvalue weighted by molar-refractivity contribution is 5.76. The Bertz CT molecular complexity index is 318. The van der Waals surface area contributed by atoms with Crippen molar-refractivity contribution in [3.63, 3.8) is 0 Å². The van der Waals surface area contributed by atoms with Crippen LogP contribution in [0.15, 0.2) is 30.3 Å². The van der Waals surface area contributed by atoms with E-state index in [1.54, 1.807) is 0 Å². The number of carbonyl (C=O) groups is 1. The fourth-order valence-electron chi connectivity index (χ4n) is 2.03. The van der Waals surface area contributed by atoms with E-state index >= 15 is 0 Å². The molecule has 0 saturated heterocycles. The molecular weight excluding hydrogens is 164 g/mol. The Hall–Kier alpha value is -1.31. The average Bonchev–Trinajstić information content (AvgIpc) is 2.79. The summed E-state index contributed by atoms with van der Waals surface area (Å²) in [4.78, 5) is 10.8. The second-order valence-electron chi connectivity index (χ2n) is 3.66. The standard InChI is InChI=1S/C11H12O2/c1-7-9(10(7)11(12)13)8-5-3-2-4-6-8/h2-7,9-10H,1H3,(H,12,13)/t7-,9+,10-/m1/s1. The fraction of sp³-hybridized carbons (Fsp3) is 0.364. The third kappa shape index (κ3) is 1.32. The van der Waals surface area contributed by atoms with Crippen LogP contribution < -0.4 is 0 Å². The van der Waals surface area contributed by atoms with E-state index in [0.29, 0.717) is 5.92 Å². The van der Waals surface area contributed by atoms with E-state index in [9.17, 15) is 4.79 Å². The highest BCUT2D eigenvalue weighted by Gasteiger charge is 2.52. The Morgan fingerprint density at radius 1 is 1.31 bits per heavy atom. The maximum atomic E-state index is 10.8. The monoisotopic (exact) mass is 176 g/mol. The Kier molecular flexibility index (Phi) is 1.83. The normalized spacial score (nSPS) is 31.3. The summed E-state index contributed by atoms with van der Waals surface area (Å²) in [5.41, 5.74) is 1.16. The lowest BCUT2D eigenvalue weighted by molar-refractivity contribution is -0.138. The van der Waals surface area contributed by atoms with Crippen LogP contribution in [0.5, 0.6) is 0 Å². The van der Waals surface area contributed by atoms with E-state index in [1.807, 2.05) is 37.3 Å². The van der Waals surface area contributed by atoms with Crippen LogP contribution in [0.3, 0.4) is 0 Å². The summed E-state index contributed by atoms with van der Waals surface area (Å²) in [6, 6.07) is 9.87. The summed E-state index contributed by atoms with van der Waals surface area (Å²) in [7, 11) is 0. The Labute approximate surface area is 77.2 Å². The molecule has 68 valence electrons. The Balaban J connectivity index is 2.18. The summed E-state index contributed by atoms with van der Waals surface area (Å²) in [5.74, 6) is -0.303. The van der Waals surface area contributed by atoms with Gasteiger partial charge in [0, 0.05) is 5.92 Å². The largest absolute Gasteiger partial charge is 0.481 e. The summed E-state index contributed by atoms with van der Waals surface area (Å²) < 4.78 is 0. The van der Waals surface area contributed by atoms with Gasteiger partial charge >= 0.3 is 5.97 Å². The first-order chi connectivity index (χ1) is 6.22. The average molecular weight is 176 g/mol. The number of rotatable bonds is 2. The minimum atomic E-state index is -0.665. The molecule has 1 N–H and O–H groups in total. The van der Waals surface area contributed by atoms with Crippen molar-refractivity contribution in [3.8, 4) is 0 Å². The molecule has 2 nitrogen and oxygen atoms in total. The lowest BCUT2D eigenvalue weighted by atomic mass is 10.1. The van der Waals surface area contributed by atoms with Gasteiger partial charge in [-0.25, -0.2) is 0 Å². The predicted molar refractivity (Wildman–Crippen MR) is 49.5 cm³/mol. The smallest absolute Gasteiger partial charge is 0.307 e. The molecule has 0 aliphatic heterocycles. The highest BCUT2D eigenvalue weighted by atomic mass is 16.4. The molecule has 13 heavy (non-hydrogen) atoms. The molecule has 1 saturated carbocycles. The number of carboxylic acids is 1. The number of hydrogen-bond acceptors (Lipinski definition) is 1. The first kappa shape index (κ1) is 8.30. The van der Waals surface area contributed by atoms with Crippen molar-refractivity contribution in [2.75, 3.05) is 0 Å². The second kappa shape index (κ2) is 2.87. The molecule has 0 aromatic heterocycles. The molecule has 0 bridgehead atoms. The molecule has 2 heteroatoms. The van der Waals surface area contributed by atoms with Gasteiger partial charge in [-0.15, -0.1) is 0 Å². The minimum absolute atomic E-state index is 0.164. The predicted octanol–water partition coefficient (Wildman–Crippen LogP) is 2.12. The quantitative estimate of drug-likeness (QED) is 0.749. The number of carboxylic acid groups (broad SMARTS) is 1. The molecular formula is C11H12O2. The van der Waals surface area contributed by atoms with Gasteiger partial charge in [0.05, 0.1) is 5.92 Å².